The summed E-state index contributed by atoms with van der Waals surface area (Å²) >= 11 is 1.82. The van der Waals surface area contributed by atoms with Crippen LogP contribution < -0.4 is 5.32 Å². The van der Waals surface area contributed by atoms with E-state index >= 15 is 0 Å². The van der Waals surface area contributed by atoms with Gasteiger partial charge < -0.3 is 4.90 Å². The van der Waals surface area contributed by atoms with Crippen LogP contribution in [0.4, 0.5) is 4.39 Å². The van der Waals surface area contributed by atoms with Crippen molar-refractivity contribution < 1.29 is 9.18 Å². The fraction of sp³-hybridized carbons (Fsp3) is 0.562. The summed E-state index contributed by atoms with van der Waals surface area (Å²) in [7, 11) is 0. The summed E-state index contributed by atoms with van der Waals surface area (Å²) in [4.78, 5) is 14.6. The quantitative estimate of drug-likeness (QED) is 0.908. The molecule has 1 N–H and O–H groups in total. The Morgan fingerprint density at radius 3 is 2.67 bits per heavy atom. The van der Waals surface area contributed by atoms with E-state index in [1.807, 2.05) is 16.7 Å². The van der Waals surface area contributed by atoms with Crippen LogP contribution in [0.1, 0.15) is 37.9 Å². The van der Waals surface area contributed by atoms with Gasteiger partial charge in [0, 0.05) is 11.8 Å². The van der Waals surface area contributed by atoms with E-state index in [0.717, 1.165) is 31.4 Å². The molecule has 2 atom stereocenters. The molecule has 1 heterocycles. The first-order valence-electron chi connectivity index (χ1n) is 7.43. The average molecular weight is 308 g/mol. The van der Waals surface area contributed by atoms with Crippen LogP contribution in [-0.4, -0.2) is 34.4 Å². The molecule has 5 heteroatoms. The van der Waals surface area contributed by atoms with Gasteiger partial charge in [-0.3, -0.25) is 10.1 Å². The molecule has 21 heavy (non-hydrogen) atoms. The second-order valence-corrected chi connectivity index (χ2v) is 7.29. The number of nitrogens with one attached hydrogen (secondary N) is 1. The third kappa shape index (κ3) is 2.81. The highest BCUT2D eigenvalue weighted by Crippen LogP contribution is 2.46. The number of halogens is 1. The Kier molecular flexibility index (Phi) is 3.97. The number of hydrogen-bond donors (Lipinski definition) is 1. The van der Waals surface area contributed by atoms with Crippen LogP contribution in [0.2, 0.25) is 0 Å². The van der Waals surface area contributed by atoms with Gasteiger partial charge in [-0.1, -0.05) is 19.1 Å². The Hall–Kier alpha value is -1.07. The Bertz CT molecular complexity index is 530. The van der Waals surface area contributed by atoms with Crippen molar-refractivity contribution in [3.8, 4) is 0 Å². The molecule has 1 amide bonds. The van der Waals surface area contributed by atoms with Crippen LogP contribution in [0.3, 0.4) is 0 Å². The van der Waals surface area contributed by atoms with Crippen molar-refractivity contribution in [3.05, 3.63) is 35.6 Å². The number of amides is 1. The van der Waals surface area contributed by atoms with Crippen LogP contribution in [0.15, 0.2) is 24.3 Å². The molecular formula is C16H21FN2OS. The van der Waals surface area contributed by atoms with Crippen LogP contribution in [0.25, 0.3) is 0 Å². The van der Waals surface area contributed by atoms with Crippen molar-refractivity contribution >= 4 is 17.7 Å². The minimum atomic E-state index is -0.332. The second kappa shape index (κ2) is 5.61. The Morgan fingerprint density at radius 2 is 2.10 bits per heavy atom. The topological polar surface area (TPSA) is 32.3 Å². The normalized spacial score (nSPS) is 24.6. The van der Waals surface area contributed by atoms with Crippen molar-refractivity contribution in [2.45, 2.75) is 43.1 Å². The third-order valence-corrected chi connectivity index (χ3v) is 5.55. The molecule has 1 aromatic carbocycles. The fourth-order valence-electron chi connectivity index (χ4n) is 2.85. The Labute approximate surface area is 129 Å². The average Bonchev–Trinajstić information content (AvgIpc) is 3.21. The highest BCUT2D eigenvalue weighted by atomic mass is 32.2. The van der Waals surface area contributed by atoms with Crippen molar-refractivity contribution in [2.24, 2.45) is 0 Å². The SMILES string of the molecule is CSC(C)CCN1C(=O)C2(CC2)NC1c1ccc(F)cc1. The molecule has 1 saturated heterocycles. The maximum Gasteiger partial charge on any atom is 0.244 e. The minimum absolute atomic E-state index is 0.116. The van der Waals surface area contributed by atoms with Crippen LogP contribution in [0.5, 0.6) is 0 Å². The van der Waals surface area contributed by atoms with E-state index in [1.165, 1.54) is 12.1 Å². The van der Waals surface area contributed by atoms with E-state index in [2.05, 4.69) is 18.5 Å². The van der Waals surface area contributed by atoms with Gasteiger partial charge in [-0.2, -0.15) is 11.8 Å². The molecular weight excluding hydrogens is 287 g/mol. The maximum atomic E-state index is 13.1. The highest BCUT2D eigenvalue weighted by Gasteiger charge is 2.59. The van der Waals surface area contributed by atoms with Gasteiger partial charge in [0.05, 0.1) is 0 Å². The van der Waals surface area contributed by atoms with E-state index in [4.69, 9.17) is 0 Å². The number of carbonyl (C=O) groups excluding carboxylic acids is 1. The summed E-state index contributed by atoms with van der Waals surface area (Å²) in [5, 5.41) is 4.00. The van der Waals surface area contributed by atoms with Crippen molar-refractivity contribution in [1.29, 1.82) is 0 Å². The number of benzene rings is 1. The standard InChI is InChI=1S/C16H21FN2OS/c1-11(21-2)7-10-19-14(12-3-5-13(17)6-4-12)18-16(8-9-16)15(19)20/h3-6,11,14,18H,7-10H2,1-2H3. The molecule has 1 spiro atoms. The van der Waals surface area contributed by atoms with Gasteiger partial charge in [-0.25, -0.2) is 4.39 Å². The molecule has 1 aromatic rings. The first-order chi connectivity index (χ1) is 10.1. The molecule has 2 fully saturated rings. The molecule has 2 unspecified atom stereocenters. The summed E-state index contributed by atoms with van der Waals surface area (Å²) in [6, 6.07) is 6.46. The lowest BCUT2D eigenvalue weighted by Crippen LogP contribution is -2.33. The minimum Gasteiger partial charge on any atom is -0.321 e. The first-order valence-corrected chi connectivity index (χ1v) is 8.71. The molecule has 114 valence electrons. The zero-order chi connectivity index (χ0) is 15.0. The van der Waals surface area contributed by atoms with E-state index in [9.17, 15) is 9.18 Å². The van der Waals surface area contributed by atoms with Crippen molar-refractivity contribution in [2.75, 3.05) is 12.8 Å². The highest BCUT2D eigenvalue weighted by molar-refractivity contribution is 7.99. The summed E-state index contributed by atoms with van der Waals surface area (Å²) in [5.74, 6) is -0.0307. The van der Waals surface area contributed by atoms with Gasteiger partial charge in [0.25, 0.3) is 0 Å². The molecule has 3 rings (SSSR count). The van der Waals surface area contributed by atoms with Gasteiger partial charge in [0.1, 0.15) is 17.5 Å². The zero-order valence-corrected chi connectivity index (χ0v) is 13.3. The van der Waals surface area contributed by atoms with E-state index < -0.39 is 0 Å². The van der Waals surface area contributed by atoms with E-state index in [0.29, 0.717) is 5.25 Å². The number of rotatable bonds is 5. The first kappa shape index (κ1) is 14.9. The number of hydrogen-bond acceptors (Lipinski definition) is 3. The van der Waals surface area contributed by atoms with Crippen molar-refractivity contribution in [1.82, 2.24) is 10.2 Å². The molecule has 2 aliphatic rings. The predicted octanol–water partition coefficient (Wildman–Crippen LogP) is 2.93. The monoisotopic (exact) mass is 308 g/mol. The number of carbonyl (C=O) groups is 1. The molecule has 0 bridgehead atoms. The molecule has 1 aliphatic heterocycles. The maximum absolute atomic E-state index is 13.1. The molecule has 3 nitrogen and oxygen atoms in total. The van der Waals surface area contributed by atoms with Gasteiger partial charge >= 0.3 is 0 Å². The number of thioether (sulfide) groups is 1. The molecule has 0 radical (unpaired) electrons. The summed E-state index contributed by atoms with van der Waals surface area (Å²) in [6.07, 6.45) is 4.78. The lowest BCUT2D eigenvalue weighted by Gasteiger charge is -2.25. The Balaban J connectivity index is 1.79. The largest absolute Gasteiger partial charge is 0.321 e. The van der Waals surface area contributed by atoms with Gasteiger partial charge in [-0.05, 0) is 43.2 Å². The number of nitrogens with zero attached hydrogens (tertiary/aromatic N) is 1. The van der Waals surface area contributed by atoms with Crippen LogP contribution >= 0.6 is 11.8 Å². The van der Waals surface area contributed by atoms with Gasteiger partial charge in [0.15, 0.2) is 0 Å². The van der Waals surface area contributed by atoms with E-state index in [1.54, 1.807) is 12.1 Å². The summed E-state index contributed by atoms with van der Waals surface area (Å²) in [6.45, 7) is 2.93. The van der Waals surface area contributed by atoms with Gasteiger partial charge in [-0.15, -0.1) is 0 Å². The smallest absolute Gasteiger partial charge is 0.244 e. The summed E-state index contributed by atoms with van der Waals surface area (Å²) in [5.41, 5.74) is 0.632. The second-order valence-electron chi connectivity index (χ2n) is 6.01. The zero-order valence-electron chi connectivity index (χ0n) is 12.4. The summed E-state index contributed by atoms with van der Waals surface area (Å²) < 4.78 is 13.1. The van der Waals surface area contributed by atoms with Crippen molar-refractivity contribution in [3.63, 3.8) is 0 Å². The van der Waals surface area contributed by atoms with Crippen LogP contribution in [0, 0.1) is 5.82 Å². The van der Waals surface area contributed by atoms with Gasteiger partial charge in [0.2, 0.25) is 5.91 Å². The predicted molar refractivity (Wildman–Crippen MR) is 83.5 cm³/mol. The lowest BCUT2D eigenvalue weighted by molar-refractivity contribution is -0.130. The molecule has 0 aromatic heterocycles. The third-order valence-electron chi connectivity index (χ3n) is 4.51. The van der Waals surface area contributed by atoms with E-state index in [-0.39, 0.29) is 23.4 Å². The Morgan fingerprint density at radius 1 is 1.43 bits per heavy atom. The van der Waals surface area contributed by atoms with Crippen LogP contribution in [-0.2, 0) is 4.79 Å². The lowest BCUT2D eigenvalue weighted by atomic mass is 10.1. The fourth-order valence-corrected chi connectivity index (χ4v) is 3.20. The molecule has 1 saturated carbocycles. The molecule has 1 aliphatic carbocycles.